The number of nitrogens with two attached hydrogens (primary N) is 1. The highest BCUT2D eigenvalue weighted by Gasteiger charge is 2.32. The number of rotatable bonds is 6. The fraction of sp³-hybridized carbons (Fsp3) is 0.375. The van der Waals surface area contributed by atoms with Gasteiger partial charge in [-0.15, -0.1) is 0 Å². The molecule has 112 valence electrons. The number of aromatic nitrogens is 2. The van der Waals surface area contributed by atoms with Crippen molar-refractivity contribution in [3.05, 3.63) is 42.7 Å². The number of carbonyl (C=O) groups excluding carboxylic acids is 1. The highest BCUT2D eigenvalue weighted by Crippen LogP contribution is 2.18. The minimum atomic E-state index is -0.825. The molecule has 5 heteroatoms. The lowest BCUT2D eigenvalue weighted by molar-refractivity contribution is -0.124. The maximum Gasteiger partial charge on any atom is 0.239 e. The van der Waals surface area contributed by atoms with Crippen molar-refractivity contribution in [3.8, 4) is 11.1 Å². The molecular formula is C16H22N4O. The number of hydrogen-bond acceptors (Lipinski definition) is 3. The zero-order chi connectivity index (χ0) is 15.5. The third-order valence-electron chi connectivity index (χ3n) is 3.37. The number of hydrogen-bond donors (Lipinski definition) is 2. The van der Waals surface area contributed by atoms with Crippen molar-refractivity contribution in [1.29, 1.82) is 0 Å². The van der Waals surface area contributed by atoms with Gasteiger partial charge in [0.05, 0.1) is 12.7 Å². The molecule has 2 rings (SSSR count). The molecular weight excluding hydrogens is 264 g/mol. The van der Waals surface area contributed by atoms with E-state index in [-0.39, 0.29) is 11.9 Å². The third kappa shape index (κ3) is 3.70. The summed E-state index contributed by atoms with van der Waals surface area (Å²) in [6.07, 6.45) is 3.73. The van der Waals surface area contributed by atoms with E-state index in [2.05, 4.69) is 10.4 Å². The van der Waals surface area contributed by atoms with Crippen molar-refractivity contribution in [1.82, 2.24) is 15.1 Å². The van der Waals surface area contributed by atoms with Gasteiger partial charge in [-0.05, 0) is 26.3 Å². The van der Waals surface area contributed by atoms with Crippen molar-refractivity contribution in [2.24, 2.45) is 5.73 Å². The quantitative estimate of drug-likeness (QED) is 0.850. The first kappa shape index (κ1) is 15.3. The van der Waals surface area contributed by atoms with Gasteiger partial charge in [0, 0.05) is 17.8 Å². The van der Waals surface area contributed by atoms with E-state index in [1.807, 2.05) is 50.4 Å². The second-order valence-electron chi connectivity index (χ2n) is 5.79. The van der Waals surface area contributed by atoms with Crippen molar-refractivity contribution >= 4 is 5.91 Å². The first-order valence-electron chi connectivity index (χ1n) is 7.06. The predicted molar refractivity (Wildman–Crippen MR) is 83.5 cm³/mol. The lowest BCUT2D eigenvalue weighted by atomic mass is 10.0. The summed E-state index contributed by atoms with van der Waals surface area (Å²) >= 11 is 0. The molecule has 0 radical (unpaired) electrons. The molecule has 1 atom stereocenters. The average molecular weight is 286 g/mol. The second-order valence-corrected chi connectivity index (χ2v) is 5.79. The number of benzene rings is 1. The van der Waals surface area contributed by atoms with Crippen molar-refractivity contribution in [3.63, 3.8) is 0 Å². The zero-order valence-corrected chi connectivity index (χ0v) is 12.7. The molecule has 0 fully saturated rings. The Morgan fingerprint density at radius 2 is 2.00 bits per heavy atom. The molecule has 1 aromatic carbocycles. The van der Waals surface area contributed by atoms with Crippen molar-refractivity contribution < 1.29 is 4.79 Å². The van der Waals surface area contributed by atoms with Gasteiger partial charge < -0.3 is 5.73 Å². The number of carbonyl (C=O) groups is 1. The summed E-state index contributed by atoms with van der Waals surface area (Å²) in [7, 11) is 0. The SMILES string of the molecule is CC(C)NC(C)(Cn1cc(-c2ccccc2)cn1)C(N)=O. The van der Waals surface area contributed by atoms with Crippen LogP contribution in [0, 0.1) is 0 Å². The maximum absolute atomic E-state index is 11.8. The van der Waals surface area contributed by atoms with Crippen LogP contribution < -0.4 is 11.1 Å². The lowest BCUT2D eigenvalue weighted by Crippen LogP contribution is -2.58. The van der Waals surface area contributed by atoms with Crippen LogP contribution in [0.1, 0.15) is 20.8 Å². The van der Waals surface area contributed by atoms with E-state index in [0.29, 0.717) is 6.54 Å². The summed E-state index contributed by atoms with van der Waals surface area (Å²) in [6, 6.07) is 10.2. The van der Waals surface area contributed by atoms with Gasteiger partial charge >= 0.3 is 0 Å². The summed E-state index contributed by atoms with van der Waals surface area (Å²) in [5.41, 5.74) is 6.84. The molecule has 0 bridgehead atoms. The second kappa shape index (κ2) is 6.10. The van der Waals surface area contributed by atoms with Gasteiger partial charge in [-0.2, -0.15) is 5.10 Å². The first-order valence-corrected chi connectivity index (χ1v) is 7.06. The largest absolute Gasteiger partial charge is 0.368 e. The number of nitrogens with zero attached hydrogens (tertiary/aromatic N) is 2. The minimum Gasteiger partial charge on any atom is -0.368 e. The van der Waals surface area contributed by atoms with E-state index in [1.165, 1.54) is 0 Å². The topological polar surface area (TPSA) is 72.9 Å². The highest BCUT2D eigenvalue weighted by atomic mass is 16.1. The van der Waals surface area contributed by atoms with Crippen LogP contribution in [-0.4, -0.2) is 27.3 Å². The van der Waals surface area contributed by atoms with Gasteiger partial charge in [0.2, 0.25) is 5.91 Å². The van der Waals surface area contributed by atoms with E-state index in [1.54, 1.807) is 17.8 Å². The molecule has 5 nitrogen and oxygen atoms in total. The molecule has 0 saturated heterocycles. The van der Waals surface area contributed by atoms with Gasteiger partial charge in [-0.25, -0.2) is 0 Å². The smallest absolute Gasteiger partial charge is 0.239 e. The van der Waals surface area contributed by atoms with E-state index in [4.69, 9.17) is 5.73 Å². The molecule has 0 aliphatic rings. The van der Waals surface area contributed by atoms with Crippen LogP contribution >= 0.6 is 0 Å². The highest BCUT2D eigenvalue weighted by molar-refractivity contribution is 5.84. The van der Waals surface area contributed by atoms with Crippen molar-refractivity contribution in [2.75, 3.05) is 0 Å². The van der Waals surface area contributed by atoms with E-state index in [0.717, 1.165) is 11.1 Å². The monoisotopic (exact) mass is 286 g/mol. The van der Waals surface area contributed by atoms with Gasteiger partial charge in [0.25, 0.3) is 0 Å². The van der Waals surface area contributed by atoms with Crippen LogP contribution in [0.15, 0.2) is 42.7 Å². The Kier molecular flexibility index (Phi) is 4.43. The van der Waals surface area contributed by atoms with Crippen LogP contribution in [0.2, 0.25) is 0 Å². The fourth-order valence-corrected chi connectivity index (χ4v) is 2.39. The summed E-state index contributed by atoms with van der Waals surface area (Å²) in [5, 5.41) is 7.55. The van der Waals surface area contributed by atoms with Crippen LogP contribution in [-0.2, 0) is 11.3 Å². The molecule has 21 heavy (non-hydrogen) atoms. The van der Waals surface area contributed by atoms with Gasteiger partial charge in [-0.1, -0.05) is 30.3 Å². The van der Waals surface area contributed by atoms with Crippen molar-refractivity contribution in [2.45, 2.75) is 38.9 Å². The summed E-state index contributed by atoms with van der Waals surface area (Å²) < 4.78 is 1.75. The molecule has 1 aromatic heterocycles. The third-order valence-corrected chi connectivity index (χ3v) is 3.37. The average Bonchev–Trinajstić information content (AvgIpc) is 2.87. The zero-order valence-electron chi connectivity index (χ0n) is 12.7. The van der Waals surface area contributed by atoms with E-state index in [9.17, 15) is 4.79 Å². The molecule has 1 heterocycles. The normalized spacial score (nSPS) is 14.1. The van der Waals surface area contributed by atoms with Crippen LogP contribution in [0.4, 0.5) is 0 Å². The van der Waals surface area contributed by atoms with Gasteiger partial charge in [-0.3, -0.25) is 14.8 Å². The molecule has 0 spiro atoms. The number of amides is 1. The van der Waals surface area contributed by atoms with Crippen LogP contribution in [0.3, 0.4) is 0 Å². The number of nitrogens with one attached hydrogen (secondary N) is 1. The Balaban J connectivity index is 2.19. The first-order chi connectivity index (χ1) is 9.90. The van der Waals surface area contributed by atoms with E-state index >= 15 is 0 Å². The maximum atomic E-state index is 11.8. The molecule has 0 aliphatic heterocycles. The Morgan fingerprint density at radius 1 is 1.33 bits per heavy atom. The van der Waals surface area contributed by atoms with Gasteiger partial charge in [0.15, 0.2) is 0 Å². The fourth-order valence-electron chi connectivity index (χ4n) is 2.39. The Bertz CT molecular complexity index is 606. The van der Waals surface area contributed by atoms with Gasteiger partial charge in [0.1, 0.15) is 5.54 Å². The van der Waals surface area contributed by atoms with Crippen LogP contribution in [0.25, 0.3) is 11.1 Å². The Morgan fingerprint density at radius 3 is 2.57 bits per heavy atom. The molecule has 0 saturated carbocycles. The molecule has 1 unspecified atom stereocenters. The van der Waals surface area contributed by atoms with E-state index < -0.39 is 5.54 Å². The Hall–Kier alpha value is -2.14. The molecule has 0 aliphatic carbocycles. The standard InChI is InChI=1S/C16H22N4O/c1-12(2)19-16(3,15(17)21)11-20-10-14(9-18-20)13-7-5-4-6-8-13/h4-10,12,19H,11H2,1-3H3,(H2,17,21). The summed E-state index contributed by atoms with van der Waals surface area (Å²) in [4.78, 5) is 11.8. The van der Waals surface area contributed by atoms with Crippen LogP contribution in [0.5, 0.6) is 0 Å². The summed E-state index contributed by atoms with van der Waals surface area (Å²) in [6.45, 7) is 6.17. The predicted octanol–water partition coefficient (Wildman–Crippen LogP) is 1.79. The molecule has 2 aromatic rings. The lowest BCUT2D eigenvalue weighted by Gasteiger charge is -2.29. The summed E-state index contributed by atoms with van der Waals surface area (Å²) in [5.74, 6) is -0.382. The molecule has 3 N–H and O–H groups in total. The minimum absolute atomic E-state index is 0.159. The molecule has 1 amide bonds. The number of primary amides is 1. The Labute approximate surface area is 125 Å².